The van der Waals surface area contributed by atoms with Crippen LogP contribution in [0.3, 0.4) is 0 Å². The number of benzene rings is 1. The van der Waals surface area contributed by atoms with Crippen molar-refractivity contribution in [1.29, 1.82) is 0 Å². The summed E-state index contributed by atoms with van der Waals surface area (Å²) in [4.78, 5) is 10.8. The summed E-state index contributed by atoms with van der Waals surface area (Å²) in [5.74, 6) is 0.984. The second-order valence-electron chi connectivity index (χ2n) is 6.01. The zero-order valence-corrected chi connectivity index (χ0v) is 10.9. The van der Waals surface area contributed by atoms with E-state index >= 15 is 0 Å². The normalized spacial score (nSPS) is 25.3. The SMILES string of the molecule is CC1(C2Cc3cc(C=O)ccc3O2)CCCCC1. The van der Waals surface area contributed by atoms with Crippen molar-refractivity contribution < 1.29 is 9.53 Å². The Bertz CT molecular complexity index is 458. The van der Waals surface area contributed by atoms with Crippen molar-refractivity contribution in [2.75, 3.05) is 0 Å². The number of carbonyl (C=O) groups excluding carboxylic acids is 1. The third kappa shape index (κ3) is 1.94. The average Bonchev–Trinajstić information content (AvgIpc) is 2.83. The number of fused-ring (bicyclic) bond motifs is 1. The Morgan fingerprint density at radius 2 is 2.06 bits per heavy atom. The molecule has 18 heavy (non-hydrogen) atoms. The average molecular weight is 244 g/mol. The predicted octanol–water partition coefficient (Wildman–Crippen LogP) is 3.77. The van der Waals surface area contributed by atoms with Crippen LogP contribution >= 0.6 is 0 Å². The molecule has 1 atom stereocenters. The zero-order valence-electron chi connectivity index (χ0n) is 10.9. The molecule has 2 nitrogen and oxygen atoms in total. The van der Waals surface area contributed by atoms with Crippen LogP contribution in [0.1, 0.15) is 54.9 Å². The van der Waals surface area contributed by atoms with Gasteiger partial charge in [-0.05, 0) is 36.6 Å². The first kappa shape index (κ1) is 11.8. The fourth-order valence-corrected chi connectivity index (χ4v) is 3.41. The molecule has 0 N–H and O–H groups in total. The maximum absolute atomic E-state index is 10.8. The van der Waals surface area contributed by atoms with Crippen molar-refractivity contribution >= 4 is 6.29 Å². The summed E-state index contributed by atoms with van der Waals surface area (Å²) in [6.45, 7) is 2.36. The van der Waals surface area contributed by atoms with Gasteiger partial charge in [0.25, 0.3) is 0 Å². The van der Waals surface area contributed by atoms with Crippen LogP contribution in [-0.2, 0) is 6.42 Å². The monoisotopic (exact) mass is 244 g/mol. The van der Waals surface area contributed by atoms with Crippen molar-refractivity contribution in [1.82, 2.24) is 0 Å². The number of hydrogen-bond donors (Lipinski definition) is 0. The second-order valence-corrected chi connectivity index (χ2v) is 6.01. The van der Waals surface area contributed by atoms with E-state index in [2.05, 4.69) is 6.92 Å². The van der Waals surface area contributed by atoms with Gasteiger partial charge in [0.15, 0.2) is 0 Å². The maximum atomic E-state index is 10.8. The Morgan fingerprint density at radius 3 is 2.78 bits per heavy atom. The summed E-state index contributed by atoms with van der Waals surface area (Å²) in [5.41, 5.74) is 2.28. The van der Waals surface area contributed by atoms with Gasteiger partial charge in [-0.1, -0.05) is 26.2 Å². The molecule has 0 aromatic heterocycles. The minimum absolute atomic E-state index is 0.301. The molecule has 1 aromatic carbocycles. The number of carbonyl (C=O) groups is 1. The molecule has 0 saturated heterocycles. The minimum Gasteiger partial charge on any atom is -0.489 e. The van der Waals surface area contributed by atoms with Crippen molar-refractivity contribution in [2.24, 2.45) is 5.41 Å². The molecule has 1 aliphatic carbocycles. The molecule has 0 radical (unpaired) electrons. The summed E-state index contributed by atoms with van der Waals surface area (Å²) in [6, 6.07) is 5.77. The lowest BCUT2D eigenvalue weighted by molar-refractivity contribution is 0.0448. The van der Waals surface area contributed by atoms with Gasteiger partial charge >= 0.3 is 0 Å². The van der Waals surface area contributed by atoms with Gasteiger partial charge in [0.2, 0.25) is 0 Å². The van der Waals surface area contributed by atoms with Crippen LogP contribution in [0.5, 0.6) is 5.75 Å². The number of aldehydes is 1. The van der Waals surface area contributed by atoms with Crippen LogP contribution in [-0.4, -0.2) is 12.4 Å². The highest BCUT2D eigenvalue weighted by Crippen LogP contribution is 2.45. The van der Waals surface area contributed by atoms with Crippen LogP contribution < -0.4 is 4.74 Å². The van der Waals surface area contributed by atoms with Gasteiger partial charge in [0, 0.05) is 17.4 Å². The van der Waals surface area contributed by atoms with Gasteiger partial charge in [-0.2, -0.15) is 0 Å². The molecule has 2 heteroatoms. The van der Waals surface area contributed by atoms with Crippen molar-refractivity contribution in [3.8, 4) is 5.75 Å². The Morgan fingerprint density at radius 1 is 1.28 bits per heavy atom. The fourth-order valence-electron chi connectivity index (χ4n) is 3.41. The van der Waals surface area contributed by atoms with E-state index < -0.39 is 0 Å². The van der Waals surface area contributed by atoms with Crippen LogP contribution in [0.15, 0.2) is 18.2 Å². The van der Waals surface area contributed by atoms with E-state index in [4.69, 9.17) is 4.74 Å². The van der Waals surface area contributed by atoms with Gasteiger partial charge in [0.05, 0.1) is 0 Å². The first-order chi connectivity index (χ1) is 8.71. The van der Waals surface area contributed by atoms with Crippen LogP contribution in [0.4, 0.5) is 0 Å². The summed E-state index contributed by atoms with van der Waals surface area (Å²) in [7, 11) is 0. The molecule has 1 aromatic rings. The molecule has 1 aliphatic heterocycles. The lowest BCUT2D eigenvalue weighted by atomic mass is 9.71. The number of hydrogen-bond acceptors (Lipinski definition) is 2. The van der Waals surface area contributed by atoms with Gasteiger partial charge in [-0.15, -0.1) is 0 Å². The molecule has 0 bridgehead atoms. The first-order valence-electron chi connectivity index (χ1n) is 6.96. The van der Waals surface area contributed by atoms with Crippen molar-refractivity contribution in [3.63, 3.8) is 0 Å². The molecule has 1 fully saturated rings. The van der Waals surface area contributed by atoms with Gasteiger partial charge in [0.1, 0.15) is 18.1 Å². The summed E-state index contributed by atoms with van der Waals surface area (Å²) < 4.78 is 6.13. The molecule has 3 rings (SSSR count). The molecule has 0 amide bonds. The highest BCUT2D eigenvalue weighted by Gasteiger charge is 2.40. The number of ether oxygens (including phenoxy) is 1. The second kappa shape index (κ2) is 4.42. The van der Waals surface area contributed by atoms with Crippen LogP contribution in [0.25, 0.3) is 0 Å². The van der Waals surface area contributed by atoms with Gasteiger partial charge in [-0.3, -0.25) is 4.79 Å². The molecule has 1 saturated carbocycles. The third-order valence-corrected chi connectivity index (χ3v) is 4.67. The van der Waals surface area contributed by atoms with E-state index in [1.807, 2.05) is 18.2 Å². The van der Waals surface area contributed by atoms with Crippen LogP contribution in [0.2, 0.25) is 0 Å². The Hall–Kier alpha value is -1.31. The Balaban J connectivity index is 1.81. The minimum atomic E-state index is 0.301. The maximum Gasteiger partial charge on any atom is 0.150 e. The van der Waals surface area contributed by atoms with E-state index in [1.54, 1.807) is 0 Å². The van der Waals surface area contributed by atoms with E-state index in [9.17, 15) is 4.79 Å². The van der Waals surface area contributed by atoms with E-state index in [1.165, 1.54) is 37.7 Å². The van der Waals surface area contributed by atoms with E-state index in [0.29, 0.717) is 11.5 Å². The Kier molecular flexibility index (Phi) is 2.89. The summed E-state index contributed by atoms with van der Waals surface area (Å²) >= 11 is 0. The lowest BCUT2D eigenvalue weighted by Gasteiger charge is -2.38. The summed E-state index contributed by atoms with van der Waals surface area (Å²) in [5, 5.41) is 0. The van der Waals surface area contributed by atoms with Crippen molar-refractivity contribution in [2.45, 2.75) is 51.6 Å². The van der Waals surface area contributed by atoms with Crippen molar-refractivity contribution in [3.05, 3.63) is 29.3 Å². The fraction of sp³-hybridized carbons (Fsp3) is 0.562. The zero-order chi connectivity index (χ0) is 12.6. The molecule has 2 aliphatic rings. The van der Waals surface area contributed by atoms with Gasteiger partial charge in [-0.25, -0.2) is 0 Å². The molecule has 1 unspecified atom stereocenters. The first-order valence-corrected chi connectivity index (χ1v) is 6.96. The molecule has 96 valence electrons. The topological polar surface area (TPSA) is 26.3 Å². The molecular formula is C16H20O2. The summed E-state index contributed by atoms with van der Waals surface area (Å²) in [6.07, 6.45) is 8.74. The smallest absolute Gasteiger partial charge is 0.150 e. The number of rotatable bonds is 2. The molecule has 0 spiro atoms. The Labute approximate surface area is 108 Å². The molecule has 1 heterocycles. The third-order valence-electron chi connectivity index (χ3n) is 4.67. The predicted molar refractivity (Wildman–Crippen MR) is 71.1 cm³/mol. The highest BCUT2D eigenvalue weighted by molar-refractivity contribution is 5.75. The molecular weight excluding hydrogens is 224 g/mol. The lowest BCUT2D eigenvalue weighted by Crippen LogP contribution is -2.37. The van der Waals surface area contributed by atoms with Gasteiger partial charge < -0.3 is 4.74 Å². The largest absolute Gasteiger partial charge is 0.489 e. The van der Waals surface area contributed by atoms with E-state index in [0.717, 1.165) is 24.0 Å². The van der Waals surface area contributed by atoms with Crippen LogP contribution in [0, 0.1) is 5.41 Å². The highest BCUT2D eigenvalue weighted by atomic mass is 16.5. The quantitative estimate of drug-likeness (QED) is 0.740. The van der Waals surface area contributed by atoms with E-state index in [-0.39, 0.29) is 0 Å². The standard InChI is InChI=1S/C16H20O2/c1-16(7-3-2-4-8-16)15-10-13-9-12(11-17)5-6-14(13)18-15/h5-6,9,11,15H,2-4,7-8,10H2,1H3.